The standard InChI is InChI=1S/C20H35N3O6/c1-13(2)20(14(24)27-17(3,4)5)21-12-22(15(25)28-18(6,7)8)23(20)16(26)29-19(9,10)11/h12-13H,1-11H3. The predicted molar refractivity (Wildman–Crippen MR) is 108 cm³/mol. The first-order valence-electron chi connectivity index (χ1n) is 9.64. The van der Waals surface area contributed by atoms with E-state index in [1.165, 1.54) is 0 Å². The van der Waals surface area contributed by atoms with Gasteiger partial charge in [-0.1, -0.05) is 13.8 Å². The Labute approximate surface area is 173 Å². The maximum absolute atomic E-state index is 13.2. The third-order valence-corrected chi connectivity index (χ3v) is 3.55. The van der Waals surface area contributed by atoms with Gasteiger partial charge < -0.3 is 14.2 Å². The molecule has 0 saturated carbocycles. The van der Waals surface area contributed by atoms with E-state index < -0.39 is 46.5 Å². The van der Waals surface area contributed by atoms with Gasteiger partial charge in [0, 0.05) is 5.92 Å². The van der Waals surface area contributed by atoms with Crippen LogP contribution in [0.1, 0.15) is 76.2 Å². The van der Waals surface area contributed by atoms with Gasteiger partial charge in [0.05, 0.1) is 0 Å². The molecule has 0 aromatic rings. The van der Waals surface area contributed by atoms with Gasteiger partial charge >= 0.3 is 18.2 Å². The van der Waals surface area contributed by atoms with Crippen LogP contribution in [-0.4, -0.2) is 57.0 Å². The number of ether oxygens (including phenoxy) is 3. The molecule has 1 rings (SSSR count). The molecule has 0 aliphatic carbocycles. The summed E-state index contributed by atoms with van der Waals surface area (Å²) in [7, 11) is 0. The van der Waals surface area contributed by atoms with Crippen LogP contribution in [0.2, 0.25) is 0 Å². The number of carbonyl (C=O) groups excluding carboxylic acids is 3. The SMILES string of the molecule is CC(C)C1(C(=O)OC(C)(C)C)N=CN(C(=O)OC(C)(C)C)N1C(=O)OC(C)(C)C. The number of esters is 1. The quantitative estimate of drug-likeness (QED) is 0.499. The van der Waals surface area contributed by atoms with Crippen LogP contribution in [-0.2, 0) is 19.0 Å². The number of rotatable bonds is 2. The van der Waals surface area contributed by atoms with Crippen molar-refractivity contribution in [1.29, 1.82) is 0 Å². The van der Waals surface area contributed by atoms with Crippen LogP contribution < -0.4 is 0 Å². The molecule has 0 radical (unpaired) electrons. The van der Waals surface area contributed by atoms with Crippen molar-refractivity contribution in [3.63, 3.8) is 0 Å². The molecule has 1 heterocycles. The Hall–Kier alpha value is -2.32. The van der Waals surface area contributed by atoms with E-state index in [1.54, 1.807) is 76.2 Å². The highest BCUT2D eigenvalue weighted by molar-refractivity contribution is 5.95. The Morgan fingerprint density at radius 1 is 0.793 bits per heavy atom. The molecule has 0 aromatic carbocycles. The lowest BCUT2D eigenvalue weighted by Gasteiger charge is -2.41. The van der Waals surface area contributed by atoms with Crippen LogP contribution in [0.3, 0.4) is 0 Å². The minimum Gasteiger partial charge on any atom is -0.457 e. The van der Waals surface area contributed by atoms with Gasteiger partial charge in [0.1, 0.15) is 23.1 Å². The van der Waals surface area contributed by atoms with Crippen LogP contribution in [0.25, 0.3) is 0 Å². The number of amides is 2. The average Bonchev–Trinajstić information content (AvgIpc) is 2.83. The van der Waals surface area contributed by atoms with Gasteiger partial charge in [-0.2, -0.15) is 10.0 Å². The minimum atomic E-state index is -1.81. The van der Waals surface area contributed by atoms with Crippen LogP contribution in [0.15, 0.2) is 4.99 Å². The first kappa shape index (κ1) is 24.7. The molecule has 2 amide bonds. The van der Waals surface area contributed by atoms with Crippen LogP contribution in [0.5, 0.6) is 0 Å². The van der Waals surface area contributed by atoms with Crippen molar-refractivity contribution in [1.82, 2.24) is 10.0 Å². The molecule has 0 fully saturated rings. The fourth-order valence-corrected chi connectivity index (χ4v) is 2.50. The van der Waals surface area contributed by atoms with Gasteiger partial charge in [-0.05, 0) is 62.3 Å². The first-order valence-corrected chi connectivity index (χ1v) is 9.64. The van der Waals surface area contributed by atoms with Crippen molar-refractivity contribution in [2.75, 3.05) is 0 Å². The Kier molecular flexibility index (Phi) is 6.68. The predicted octanol–water partition coefficient (Wildman–Crippen LogP) is 4.11. The van der Waals surface area contributed by atoms with Crippen molar-refractivity contribution in [2.45, 2.75) is 98.6 Å². The zero-order valence-electron chi connectivity index (χ0n) is 19.4. The van der Waals surface area contributed by atoms with Gasteiger partial charge in [-0.25, -0.2) is 19.4 Å². The summed E-state index contributed by atoms with van der Waals surface area (Å²) in [6, 6.07) is 0. The fraction of sp³-hybridized carbons (Fsp3) is 0.800. The zero-order valence-corrected chi connectivity index (χ0v) is 19.4. The Morgan fingerprint density at radius 3 is 1.59 bits per heavy atom. The lowest BCUT2D eigenvalue weighted by molar-refractivity contribution is -0.178. The summed E-state index contributed by atoms with van der Waals surface area (Å²) in [5, 5.41) is 1.74. The van der Waals surface area contributed by atoms with E-state index in [4.69, 9.17) is 14.2 Å². The van der Waals surface area contributed by atoms with Crippen molar-refractivity contribution >= 4 is 24.5 Å². The van der Waals surface area contributed by atoms with E-state index in [-0.39, 0.29) is 0 Å². The van der Waals surface area contributed by atoms with Crippen molar-refractivity contribution in [2.24, 2.45) is 10.9 Å². The van der Waals surface area contributed by atoms with Gasteiger partial charge in [0.25, 0.3) is 5.66 Å². The van der Waals surface area contributed by atoms with Gasteiger partial charge in [0.15, 0.2) is 0 Å². The lowest BCUT2D eigenvalue weighted by Crippen LogP contribution is -2.64. The molecular weight excluding hydrogens is 378 g/mol. The number of hydrogen-bond donors (Lipinski definition) is 0. The molecular formula is C20H35N3O6. The molecule has 29 heavy (non-hydrogen) atoms. The molecule has 0 N–H and O–H groups in total. The van der Waals surface area contributed by atoms with Gasteiger partial charge in [0.2, 0.25) is 0 Å². The second-order valence-corrected chi connectivity index (χ2v) is 10.2. The summed E-state index contributed by atoms with van der Waals surface area (Å²) in [5.74, 6) is -1.30. The third-order valence-electron chi connectivity index (χ3n) is 3.55. The largest absolute Gasteiger partial charge is 0.457 e. The van der Waals surface area contributed by atoms with E-state index in [1.807, 2.05) is 0 Å². The topological polar surface area (TPSA) is 97.7 Å². The minimum absolute atomic E-state index is 0.534. The van der Waals surface area contributed by atoms with E-state index >= 15 is 0 Å². The molecule has 1 unspecified atom stereocenters. The summed E-state index contributed by atoms with van der Waals surface area (Å²) in [6.45, 7) is 18.7. The normalized spacial score (nSPS) is 20.1. The highest BCUT2D eigenvalue weighted by Gasteiger charge is 2.59. The third kappa shape index (κ3) is 6.08. The second kappa shape index (κ2) is 7.84. The summed E-state index contributed by atoms with van der Waals surface area (Å²) in [6.07, 6.45) is -0.680. The zero-order chi connectivity index (χ0) is 23.0. The average molecular weight is 414 g/mol. The summed E-state index contributed by atoms with van der Waals surface area (Å²) >= 11 is 0. The summed E-state index contributed by atoms with van der Waals surface area (Å²) < 4.78 is 16.4. The van der Waals surface area contributed by atoms with Crippen LogP contribution >= 0.6 is 0 Å². The number of nitrogens with zero attached hydrogens (tertiary/aromatic N) is 3. The number of carbonyl (C=O) groups is 3. The summed E-state index contributed by atoms with van der Waals surface area (Å²) in [5.41, 5.74) is -4.32. The molecule has 1 atom stereocenters. The van der Waals surface area contributed by atoms with E-state index in [2.05, 4.69) is 4.99 Å². The van der Waals surface area contributed by atoms with Crippen LogP contribution in [0, 0.1) is 5.92 Å². The number of hydrogen-bond acceptors (Lipinski definition) is 7. The number of aliphatic imine (C=N–C) groups is 1. The van der Waals surface area contributed by atoms with Crippen molar-refractivity contribution in [3.05, 3.63) is 0 Å². The monoisotopic (exact) mass is 413 g/mol. The summed E-state index contributed by atoms with van der Waals surface area (Å²) in [4.78, 5) is 43.3. The molecule has 0 aromatic heterocycles. The Morgan fingerprint density at radius 2 is 1.21 bits per heavy atom. The fourth-order valence-electron chi connectivity index (χ4n) is 2.50. The molecule has 0 bridgehead atoms. The smallest absolute Gasteiger partial charge is 0.435 e. The highest BCUT2D eigenvalue weighted by atomic mass is 16.6. The number of hydrazine groups is 1. The Bertz CT molecular complexity index is 682. The molecule has 9 heteroatoms. The van der Waals surface area contributed by atoms with E-state index in [0.717, 1.165) is 16.4 Å². The molecule has 1 aliphatic heterocycles. The maximum atomic E-state index is 13.2. The van der Waals surface area contributed by atoms with Crippen molar-refractivity contribution < 1.29 is 28.6 Å². The Balaban J connectivity index is 3.49. The first-order chi connectivity index (χ1) is 12.8. The van der Waals surface area contributed by atoms with Crippen LogP contribution in [0.4, 0.5) is 9.59 Å². The molecule has 0 saturated heterocycles. The lowest BCUT2D eigenvalue weighted by atomic mass is 9.95. The molecule has 0 spiro atoms. The van der Waals surface area contributed by atoms with E-state index in [0.29, 0.717) is 0 Å². The highest BCUT2D eigenvalue weighted by Crippen LogP contribution is 2.36. The van der Waals surface area contributed by atoms with E-state index in [9.17, 15) is 14.4 Å². The molecule has 1 aliphatic rings. The maximum Gasteiger partial charge on any atom is 0.435 e. The van der Waals surface area contributed by atoms with Crippen molar-refractivity contribution in [3.8, 4) is 0 Å². The van der Waals surface area contributed by atoms with Gasteiger partial charge in [-0.15, -0.1) is 0 Å². The molecule has 166 valence electrons. The molecule has 9 nitrogen and oxygen atoms in total. The van der Waals surface area contributed by atoms with Gasteiger partial charge in [-0.3, -0.25) is 0 Å². The second-order valence-electron chi connectivity index (χ2n) is 10.2.